The third kappa shape index (κ3) is 3.86. The first-order chi connectivity index (χ1) is 17.0. The van der Waals surface area contributed by atoms with E-state index in [1.54, 1.807) is 29.5 Å². The Morgan fingerprint density at radius 2 is 2.09 bits per heavy atom. The molecule has 2 aromatic heterocycles. The van der Waals surface area contributed by atoms with Gasteiger partial charge in [-0.05, 0) is 61.9 Å². The number of aryl methyl sites for hydroxylation is 1. The SMILES string of the molecule is COc1cccc(F)c1-c1nccc(C(=O)Cc2ccc3sc(C)nc3c2N2C[C@@H]3CC[C@H]2C3)n1. The van der Waals surface area contributed by atoms with Gasteiger partial charge in [-0.1, -0.05) is 12.1 Å². The van der Waals surface area contributed by atoms with Crippen molar-refractivity contribution in [3.63, 3.8) is 0 Å². The number of nitrogens with zero attached hydrogens (tertiary/aromatic N) is 4. The molecule has 0 N–H and O–H groups in total. The van der Waals surface area contributed by atoms with Gasteiger partial charge >= 0.3 is 0 Å². The Balaban J connectivity index is 1.37. The highest BCUT2D eigenvalue weighted by Gasteiger charge is 2.39. The molecule has 6 nitrogen and oxygen atoms in total. The number of rotatable bonds is 6. The van der Waals surface area contributed by atoms with E-state index in [1.165, 1.54) is 38.6 Å². The first kappa shape index (κ1) is 22.1. The Bertz CT molecular complexity index is 1450. The summed E-state index contributed by atoms with van der Waals surface area (Å²) in [4.78, 5) is 29.4. The van der Waals surface area contributed by atoms with Gasteiger partial charge in [-0.2, -0.15) is 0 Å². The molecular formula is C27H25FN4O2S. The van der Waals surface area contributed by atoms with Crippen LogP contribution in [0.15, 0.2) is 42.6 Å². The van der Waals surface area contributed by atoms with Gasteiger partial charge in [0.15, 0.2) is 11.6 Å². The van der Waals surface area contributed by atoms with Crippen molar-refractivity contribution in [2.75, 3.05) is 18.6 Å². The zero-order valence-electron chi connectivity index (χ0n) is 19.6. The second-order valence-corrected chi connectivity index (χ2v) is 10.6. The minimum absolute atomic E-state index is 0.133. The number of halogens is 1. The summed E-state index contributed by atoms with van der Waals surface area (Å²) in [7, 11) is 1.47. The number of benzene rings is 2. The molecule has 2 bridgehead atoms. The van der Waals surface area contributed by atoms with Crippen molar-refractivity contribution in [3.05, 3.63) is 64.7 Å². The smallest absolute Gasteiger partial charge is 0.185 e. The summed E-state index contributed by atoms with van der Waals surface area (Å²) in [6.45, 7) is 3.04. The van der Waals surface area contributed by atoms with E-state index in [0.29, 0.717) is 11.8 Å². The van der Waals surface area contributed by atoms with Gasteiger partial charge in [0.2, 0.25) is 0 Å². The van der Waals surface area contributed by atoms with Crippen LogP contribution in [0, 0.1) is 18.7 Å². The lowest BCUT2D eigenvalue weighted by Crippen LogP contribution is -2.33. The predicted molar refractivity (Wildman–Crippen MR) is 135 cm³/mol. The lowest BCUT2D eigenvalue weighted by molar-refractivity contribution is 0.0988. The number of thiazole rings is 1. The van der Waals surface area contributed by atoms with Gasteiger partial charge in [-0.25, -0.2) is 19.3 Å². The van der Waals surface area contributed by atoms with Crippen molar-refractivity contribution in [2.45, 2.75) is 38.6 Å². The number of aromatic nitrogens is 3. The lowest BCUT2D eigenvalue weighted by atomic mass is 10.0. The standard InChI is InChI=1S/C27H25FN4O2S/c1-15-30-25-23(35-15)9-7-17(26(25)32-14-16-6-8-18(32)12-16)13-21(33)20-10-11-29-27(31-20)24-19(28)4-3-5-22(24)34-2/h3-5,7,9-11,16,18H,6,8,12-14H2,1-2H3/t16-,18+/m1/s1. The highest BCUT2D eigenvalue weighted by molar-refractivity contribution is 7.18. The van der Waals surface area contributed by atoms with Crippen LogP contribution in [0.25, 0.3) is 21.6 Å². The minimum atomic E-state index is -0.496. The largest absolute Gasteiger partial charge is 0.496 e. The molecule has 0 unspecified atom stereocenters. The van der Waals surface area contributed by atoms with Gasteiger partial charge in [0.05, 0.1) is 28.1 Å². The average Bonchev–Trinajstić information content (AvgIpc) is 3.59. The van der Waals surface area contributed by atoms with Crippen molar-refractivity contribution in [1.82, 2.24) is 15.0 Å². The summed E-state index contributed by atoms with van der Waals surface area (Å²) in [5.74, 6) is 0.544. The normalized spacial score (nSPS) is 19.0. The fourth-order valence-electron chi connectivity index (χ4n) is 5.58. The van der Waals surface area contributed by atoms with E-state index in [2.05, 4.69) is 27.0 Å². The second kappa shape index (κ2) is 8.68. The molecule has 2 atom stereocenters. The number of carbonyl (C=O) groups is 1. The second-order valence-electron chi connectivity index (χ2n) is 9.32. The molecule has 1 saturated carbocycles. The molecule has 0 amide bonds. The van der Waals surface area contributed by atoms with Gasteiger partial charge in [0.1, 0.15) is 22.8 Å². The van der Waals surface area contributed by atoms with Crippen LogP contribution in [0.2, 0.25) is 0 Å². The van der Waals surface area contributed by atoms with E-state index in [-0.39, 0.29) is 29.3 Å². The maximum Gasteiger partial charge on any atom is 0.185 e. The van der Waals surface area contributed by atoms with E-state index in [9.17, 15) is 9.18 Å². The van der Waals surface area contributed by atoms with Gasteiger partial charge in [-0.3, -0.25) is 4.79 Å². The predicted octanol–water partition coefficient (Wildman–Crippen LogP) is 5.62. The molecule has 2 aliphatic rings. The van der Waals surface area contributed by atoms with Crippen LogP contribution in [0.1, 0.15) is 40.3 Å². The number of carbonyl (C=O) groups excluding carboxylic acids is 1. The number of ether oxygens (including phenoxy) is 1. The molecule has 1 aliphatic carbocycles. The number of hydrogen-bond acceptors (Lipinski definition) is 7. The Kier molecular flexibility index (Phi) is 5.48. The Morgan fingerprint density at radius 1 is 1.20 bits per heavy atom. The van der Waals surface area contributed by atoms with Gasteiger partial charge in [-0.15, -0.1) is 11.3 Å². The summed E-state index contributed by atoms with van der Waals surface area (Å²) in [6.07, 6.45) is 5.38. The highest BCUT2D eigenvalue weighted by atomic mass is 32.1. The molecule has 8 heteroatoms. The van der Waals surface area contributed by atoms with Gasteiger partial charge < -0.3 is 9.64 Å². The van der Waals surface area contributed by atoms with Crippen molar-refractivity contribution < 1.29 is 13.9 Å². The lowest BCUT2D eigenvalue weighted by Gasteiger charge is -2.31. The average molecular weight is 489 g/mol. The molecule has 178 valence electrons. The van der Waals surface area contributed by atoms with Crippen molar-refractivity contribution in [2.24, 2.45) is 5.92 Å². The highest BCUT2D eigenvalue weighted by Crippen LogP contribution is 2.44. The maximum absolute atomic E-state index is 14.6. The molecular weight excluding hydrogens is 463 g/mol. The number of anilines is 1. The Morgan fingerprint density at radius 3 is 2.86 bits per heavy atom. The molecule has 35 heavy (non-hydrogen) atoms. The number of Topliss-reactive ketones (excluding diaryl/α,β-unsaturated/α-hetero) is 1. The molecule has 1 saturated heterocycles. The van der Waals surface area contributed by atoms with Crippen LogP contribution in [0.5, 0.6) is 5.75 Å². The third-order valence-electron chi connectivity index (χ3n) is 7.13. The molecule has 3 heterocycles. The van der Waals surface area contributed by atoms with Gasteiger partial charge in [0, 0.05) is 25.2 Å². The van der Waals surface area contributed by atoms with E-state index in [0.717, 1.165) is 38.9 Å². The number of fused-ring (bicyclic) bond motifs is 3. The minimum Gasteiger partial charge on any atom is -0.496 e. The van der Waals surface area contributed by atoms with E-state index in [4.69, 9.17) is 9.72 Å². The van der Waals surface area contributed by atoms with Crippen LogP contribution in [0.3, 0.4) is 0 Å². The summed E-state index contributed by atoms with van der Waals surface area (Å²) < 4.78 is 21.0. The fraction of sp³-hybridized carbons (Fsp3) is 0.333. The zero-order valence-corrected chi connectivity index (χ0v) is 20.4. The number of piperidine rings is 1. The summed E-state index contributed by atoms with van der Waals surface area (Å²) >= 11 is 1.68. The van der Waals surface area contributed by atoms with Crippen LogP contribution in [-0.2, 0) is 6.42 Å². The monoisotopic (exact) mass is 488 g/mol. The molecule has 0 radical (unpaired) electrons. The number of hydrogen-bond donors (Lipinski definition) is 0. The summed E-state index contributed by atoms with van der Waals surface area (Å²) in [5.41, 5.74) is 3.45. The first-order valence-corrected chi connectivity index (χ1v) is 12.7. The van der Waals surface area contributed by atoms with Crippen LogP contribution >= 0.6 is 11.3 Å². The molecule has 0 spiro atoms. The van der Waals surface area contributed by atoms with Crippen LogP contribution in [-0.4, -0.2) is 40.4 Å². The van der Waals surface area contributed by atoms with E-state index < -0.39 is 5.82 Å². The zero-order chi connectivity index (χ0) is 24.1. The third-order valence-corrected chi connectivity index (χ3v) is 8.07. The molecule has 1 aliphatic heterocycles. The summed E-state index contributed by atoms with van der Waals surface area (Å²) in [5, 5.41) is 1.02. The van der Waals surface area contributed by atoms with Crippen molar-refractivity contribution in [1.29, 1.82) is 0 Å². The van der Waals surface area contributed by atoms with E-state index in [1.807, 2.05) is 6.92 Å². The van der Waals surface area contributed by atoms with Crippen LogP contribution in [0.4, 0.5) is 10.1 Å². The quantitative estimate of drug-likeness (QED) is 0.328. The molecule has 6 rings (SSSR count). The summed E-state index contributed by atoms with van der Waals surface area (Å²) in [6, 6.07) is 10.8. The Hall–Kier alpha value is -3.39. The number of methoxy groups -OCH3 is 1. The van der Waals surface area contributed by atoms with Crippen molar-refractivity contribution in [3.8, 4) is 17.1 Å². The maximum atomic E-state index is 14.6. The fourth-order valence-corrected chi connectivity index (χ4v) is 6.41. The molecule has 2 fully saturated rings. The first-order valence-electron chi connectivity index (χ1n) is 11.9. The molecule has 4 aromatic rings. The molecule has 2 aromatic carbocycles. The van der Waals surface area contributed by atoms with Crippen LogP contribution < -0.4 is 9.64 Å². The Labute approximate surface area is 206 Å². The van der Waals surface area contributed by atoms with Crippen molar-refractivity contribution >= 4 is 33.0 Å². The number of ketones is 1. The topological polar surface area (TPSA) is 68.2 Å². The van der Waals surface area contributed by atoms with E-state index >= 15 is 0 Å². The van der Waals surface area contributed by atoms with Gasteiger partial charge in [0.25, 0.3) is 0 Å².